The van der Waals surface area contributed by atoms with Gasteiger partial charge in [0.05, 0.1) is 0 Å². The van der Waals surface area contributed by atoms with Crippen LogP contribution < -0.4 is 10.6 Å². The van der Waals surface area contributed by atoms with Crippen molar-refractivity contribution >= 4 is 30.0 Å². The molecule has 0 heterocycles. The van der Waals surface area contributed by atoms with E-state index in [2.05, 4.69) is 109 Å². The van der Waals surface area contributed by atoms with Crippen LogP contribution >= 0.6 is 8.58 Å². The topological polar surface area (TPSA) is 0 Å². The fraction of sp³-hybridized carbons (Fsp3) is 0.226. The van der Waals surface area contributed by atoms with Crippen LogP contribution in [0, 0.1) is 41.5 Å². The van der Waals surface area contributed by atoms with E-state index in [4.69, 9.17) is 0 Å². The van der Waals surface area contributed by atoms with E-state index in [1.54, 1.807) is 6.08 Å². The van der Waals surface area contributed by atoms with Gasteiger partial charge in [0.15, 0.2) is 0 Å². The molecule has 0 aliphatic rings. The van der Waals surface area contributed by atoms with Crippen molar-refractivity contribution in [3.8, 4) is 0 Å². The van der Waals surface area contributed by atoms with Gasteiger partial charge >= 0.3 is 21.7 Å². The molecule has 0 radical (unpaired) electrons. The summed E-state index contributed by atoms with van der Waals surface area (Å²) in [5, 5.41) is 5.58. The Morgan fingerprint density at radius 2 is 1.45 bits per heavy atom. The van der Waals surface area contributed by atoms with Crippen molar-refractivity contribution < 1.29 is 21.7 Å². The number of aryl methyl sites for hydroxylation is 1. The fourth-order valence-electron chi connectivity index (χ4n) is 3.63. The summed E-state index contributed by atoms with van der Waals surface area (Å²) in [7, 11) is 0.759. The Bertz CT molecular complexity index is 1070. The number of hydrogen-bond donors (Lipinski definition) is 0. The van der Waals surface area contributed by atoms with Gasteiger partial charge in [-0.2, -0.15) is 33.9 Å². The van der Waals surface area contributed by atoms with Crippen molar-refractivity contribution in [2.45, 2.75) is 48.5 Å². The summed E-state index contributed by atoms with van der Waals surface area (Å²) in [5.41, 5.74) is 8.72. The molecule has 4 aromatic carbocycles. The summed E-state index contributed by atoms with van der Waals surface area (Å²) >= 11 is 0. The zero-order chi connectivity index (χ0) is 23.7. The maximum Gasteiger partial charge on any atom is 2.00 e. The van der Waals surface area contributed by atoms with Gasteiger partial charge in [-0.05, 0) is 24.7 Å². The van der Waals surface area contributed by atoms with Gasteiger partial charge in [0.25, 0.3) is 0 Å². The first-order valence-electron chi connectivity index (χ1n) is 11.2. The number of rotatable bonds is 3. The molecule has 0 bridgehead atoms. The van der Waals surface area contributed by atoms with Gasteiger partial charge in [-0.25, -0.2) is 0 Å². The number of hydrogen-bond acceptors (Lipinski definition) is 0. The summed E-state index contributed by atoms with van der Waals surface area (Å²) in [5.74, 6) is 0. The van der Waals surface area contributed by atoms with Gasteiger partial charge in [-0.15, -0.1) is 40.3 Å². The third kappa shape index (κ3) is 8.08. The van der Waals surface area contributed by atoms with E-state index in [9.17, 15) is 0 Å². The van der Waals surface area contributed by atoms with Gasteiger partial charge in [0.2, 0.25) is 0 Å². The van der Waals surface area contributed by atoms with Crippen LogP contribution in [0.15, 0.2) is 85.5 Å². The Balaban J connectivity index is 0.000000291. The summed E-state index contributed by atoms with van der Waals surface area (Å²) in [6, 6.07) is 21.8. The smallest absolute Gasteiger partial charge is 0.196 e. The van der Waals surface area contributed by atoms with E-state index in [0.29, 0.717) is 0 Å². The minimum Gasteiger partial charge on any atom is -0.196 e. The third-order valence-electron chi connectivity index (χ3n) is 6.18. The van der Waals surface area contributed by atoms with Crippen LogP contribution in [0.1, 0.15) is 40.3 Å². The first-order valence-corrected chi connectivity index (χ1v) is 12.2. The van der Waals surface area contributed by atoms with Crippen molar-refractivity contribution in [3.05, 3.63) is 119 Å². The average molecular weight is 488 g/mol. The Morgan fingerprint density at radius 3 is 1.91 bits per heavy atom. The van der Waals surface area contributed by atoms with Crippen molar-refractivity contribution in [2.24, 2.45) is 0 Å². The van der Waals surface area contributed by atoms with Crippen LogP contribution in [-0.4, -0.2) is 0 Å². The minimum atomic E-state index is 0. The number of fused-ring (bicyclic) bond motifs is 1. The van der Waals surface area contributed by atoms with Gasteiger partial charge in [-0.1, -0.05) is 98.3 Å². The maximum atomic E-state index is 3.46. The Kier molecular flexibility index (Phi) is 12.6. The molecule has 4 rings (SSSR count). The Labute approximate surface area is 218 Å². The van der Waals surface area contributed by atoms with E-state index >= 15 is 0 Å². The molecule has 1 unspecified atom stereocenters. The molecule has 0 saturated heterocycles. The summed E-state index contributed by atoms with van der Waals surface area (Å²) < 4.78 is 0. The van der Waals surface area contributed by atoms with Crippen molar-refractivity contribution in [1.82, 2.24) is 0 Å². The summed E-state index contributed by atoms with van der Waals surface area (Å²) in [6.45, 7) is 18.6. The van der Waals surface area contributed by atoms with Crippen LogP contribution in [-0.2, 0) is 21.7 Å². The SMILES string of the molecule is C=CC=CC.Cc1c(C)c(C)[c-](C)c1C.Cc1ccccc1Pc1cc2ccccc2[cH-]1.[Ti+2]. The van der Waals surface area contributed by atoms with Gasteiger partial charge in [0.1, 0.15) is 0 Å². The standard InChI is InChI=1S/C16H14P.C10H15.C5H8.Ti/c1-12-6-2-5-9-16(12)17-15-10-13-7-3-4-8-14(13)11-15;1-6-7(2)9(4)10(5)8(6)3;1-3-5-4-2;/h2-11,17H,1H3;1-5H3;3-5H,1H2,2H3;/q2*-1;;+2. The van der Waals surface area contributed by atoms with Gasteiger partial charge in [0, 0.05) is 0 Å². The van der Waals surface area contributed by atoms with Crippen molar-refractivity contribution in [1.29, 1.82) is 0 Å². The molecular formula is C31H37PTi. The molecule has 0 aliphatic heterocycles. The van der Waals surface area contributed by atoms with Gasteiger partial charge < -0.3 is 0 Å². The Morgan fingerprint density at radius 1 is 0.879 bits per heavy atom. The second kappa shape index (κ2) is 14.3. The largest absolute Gasteiger partial charge is 2.00 e. The molecule has 0 spiro atoms. The second-order valence-electron chi connectivity index (χ2n) is 8.20. The van der Waals surface area contributed by atoms with E-state index in [1.807, 2.05) is 19.1 Å². The molecule has 0 fully saturated rings. The molecule has 0 amide bonds. The summed E-state index contributed by atoms with van der Waals surface area (Å²) in [4.78, 5) is 0. The fourth-order valence-corrected chi connectivity index (χ4v) is 4.86. The van der Waals surface area contributed by atoms with Crippen LogP contribution in [0.25, 0.3) is 10.8 Å². The number of allylic oxidation sites excluding steroid dienone is 3. The third-order valence-corrected chi connectivity index (χ3v) is 7.59. The molecule has 0 nitrogen and oxygen atoms in total. The normalized spacial score (nSPS) is 10.5. The van der Waals surface area contributed by atoms with E-state index in [-0.39, 0.29) is 21.7 Å². The molecule has 0 N–H and O–H groups in total. The first kappa shape index (κ1) is 29.1. The average Bonchev–Trinajstić information content (AvgIpc) is 3.28. The monoisotopic (exact) mass is 488 g/mol. The van der Waals surface area contributed by atoms with E-state index < -0.39 is 0 Å². The Hall–Kier alpha value is -1.98. The second-order valence-corrected chi connectivity index (χ2v) is 9.57. The quantitative estimate of drug-likeness (QED) is 0.118. The minimum absolute atomic E-state index is 0. The molecule has 2 heteroatoms. The van der Waals surface area contributed by atoms with Crippen molar-refractivity contribution in [3.63, 3.8) is 0 Å². The zero-order valence-electron chi connectivity index (χ0n) is 21.2. The molecule has 33 heavy (non-hydrogen) atoms. The molecule has 4 aromatic rings. The predicted molar refractivity (Wildman–Crippen MR) is 149 cm³/mol. The molecule has 0 aromatic heterocycles. The van der Waals surface area contributed by atoms with E-state index in [0.717, 1.165) is 8.58 Å². The van der Waals surface area contributed by atoms with Crippen LogP contribution in [0.2, 0.25) is 0 Å². The molecule has 0 aliphatic carbocycles. The van der Waals surface area contributed by atoms with Crippen LogP contribution in [0.5, 0.6) is 0 Å². The predicted octanol–water partition coefficient (Wildman–Crippen LogP) is 8.19. The van der Waals surface area contributed by atoms with Crippen LogP contribution in [0.3, 0.4) is 0 Å². The van der Waals surface area contributed by atoms with Gasteiger partial charge in [-0.3, -0.25) is 0 Å². The maximum absolute atomic E-state index is 3.46. The van der Waals surface area contributed by atoms with Crippen molar-refractivity contribution in [2.75, 3.05) is 0 Å². The summed E-state index contributed by atoms with van der Waals surface area (Å²) in [6.07, 6.45) is 5.58. The first-order chi connectivity index (χ1) is 15.3. The van der Waals surface area contributed by atoms with E-state index in [1.165, 1.54) is 54.8 Å². The molecule has 1 atom stereocenters. The number of benzene rings is 2. The molecular weight excluding hydrogens is 451 g/mol. The molecule has 170 valence electrons. The molecule has 0 saturated carbocycles. The van der Waals surface area contributed by atoms with Crippen LogP contribution in [0.4, 0.5) is 0 Å². The zero-order valence-corrected chi connectivity index (χ0v) is 23.8.